The maximum atomic E-state index is 12.3. The molecule has 0 atom stereocenters. The Kier molecular flexibility index (Phi) is 4.64. The zero-order valence-electron chi connectivity index (χ0n) is 12.3. The molecule has 2 aromatic rings. The minimum atomic E-state index is -3.70. The number of aromatic nitrogens is 1. The number of sulfonamides is 1. The van der Waals surface area contributed by atoms with Crippen molar-refractivity contribution >= 4 is 15.8 Å². The number of aryl methyl sites for hydroxylation is 1. The van der Waals surface area contributed by atoms with Crippen molar-refractivity contribution in [3.63, 3.8) is 0 Å². The largest absolute Gasteiger partial charge is 0.464 e. The number of nitrogens with zero attached hydrogens (tertiary/aromatic N) is 1. The topological polar surface area (TPSA) is 84.2 Å². The molecular formula is C14H19N3O3S. The molecule has 2 N–H and O–H groups in total. The smallest absolute Gasteiger partial charge is 0.266 e. The minimum absolute atomic E-state index is 0.133. The van der Waals surface area contributed by atoms with E-state index in [0.29, 0.717) is 24.1 Å². The maximum absolute atomic E-state index is 12.3. The number of pyridine rings is 1. The predicted molar refractivity (Wildman–Crippen MR) is 80.5 cm³/mol. The van der Waals surface area contributed by atoms with E-state index in [4.69, 9.17) is 4.42 Å². The van der Waals surface area contributed by atoms with Crippen LogP contribution in [0, 0.1) is 6.92 Å². The first-order valence-electron chi connectivity index (χ1n) is 6.65. The quantitative estimate of drug-likeness (QED) is 0.855. The molecule has 7 heteroatoms. The predicted octanol–water partition coefficient (Wildman–Crippen LogP) is 2.28. The van der Waals surface area contributed by atoms with Gasteiger partial charge in [0.2, 0.25) is 0 Å². The standard InChI is InChI=1S/C14H19N3O3S/c1-10(2)16-9-12-8-13(11(3)20-12)21(18,19)17-14-6-4-5-7-15-14/h4-8,10,16H,9H2,1-3H3,(H,15,17). The van der Waals surface area contributed by atoms with Crippen molar-refractivity contribution in [2.24, 2.45) is 0 Å². The van der Waals surface area contributed by atoms with Crippen LogP contribution in [0.5, 0.6) is 0 Å². The molecule has 114 valence electrons. The molecule has 0 aliphatic rings. The molecule has 0 amide bonds. The highest BCUT2D eigenvalue weighted by Crippen LogP contribution is 2.22. The molecule has 0 fully saturated rings. The zero-order chi connectivity index (χ0) is 15.5. The SMILES string of the molecule is Cc1oc(CNC(C)C)cc1S(=O)(=O)Nc1ccccn1. The summed E-state index contributed by atoms with van der Waals surface area (Å²) in [6.07, 6.45) is 1.53. The summed E-state index contributed by atoms with van der Waals surface area (Å²) < 4.78 is 32.6. The lowest BCUT2D eigenvalue weighted by Gasteiger charge is -2.05. The summed E-state index contributed by atoms with van der Waals surface area (Å²) in [5, 5.41) is 3.18. The minimum Gasteiger partial charge on any atom is -0.464 e. The van der Waals surface area contributed by atoms with Gasteiger partial charge in [-0.3, -0.25) is 4.72 Å². The molecule has 0 saturated carbocycles. The average Bonchev–Trinajstić information content (AvgIpc) is 2.79. The first-order valence-corrected chi connectivity index (χ1v) is 8.13. The van der Waals surface area contributed by atoms with Gasteiger partial charge in [0.25, 0.3) is 10.0 Å². The average molecular weight is 309 g/mol. The van der Waals surface area contributed by atoms with E-state index >= 15 is 0 Å². The Morgan fingerprint density at radius 2 is 2.10 bits per heavy atom. The van der Waals surface area contributed by atoms with E-state index < -0.39 is 10.0 Å². The summed E-state index contributed by atoms with van der Waals surface area (Å²) >= 11 is 0. The van der Waals surface area contributed by atoms with Crippen LogP contribution in [0.4, 0.5) is 5.82 Å². The number of hydrogen-bond acceptors (Lipinski definition) is 5. The van der Waals surface area contributed by atoms with Crippen LogP contribution in [0.1, 0.15) is 25.4 Å². The highest BCUT2D eigenvalue weighted by molar-refractivity contribution is 7.92. The first kappa shape index (κ1) is 15.5. The third-order valence-corrected chi connectivity index (χ3v) is 4.26. The second kappa shape index (κ2) is 6.28. The number of nitrogens with one attached hydrogen (secondary N) is 2. The third kappa shape index (κ3) is 4.05. The Balaban J connectivity index is 2.20. The second-order valence-electron chi connectivity index (χ2n) is 4.99. The van der Waals surface area contributed by atoms with E-state index in [1.165, 1.54) is 12.3 Å². The lowest BCUT2D eigenvalue weighted by atomic mass is 10.3. The van der Waals surface area contributed by atoms with Gasteiger partial charge in [-0.2, -0.15) is 0 Å². The Morgan fingerprint density at radius 3 is 2.71 bits per heavy atom. The summed E-state index contributed by atoms with van der Waals surface area (Å²) in [6.45, 7) is 6.13. The molecule has 0 spiro atoms. The third-order valence-electron chi connectivity index (χ3n) is 2.80. The van der Waals surface area contributed by atoms with Crippen molar-refractivity contribution < 1.29 is 12.8 Å². The number of furan rings is 1. The van der Waals surface area contributed by atoms with Gasteiger partial charge in [-0.25, -0.2) is 13.4 Å². The molecule has 0 aliphatic carbocycles. The van der Waals surface area contributed by atoms with E-state index in [0.717, 1.165) is 0 Å². The van der Waals surface area contributed by atoms with Crippen molar-refractivity contribution in [1.82, 2.24) is 10.3 Å². The molecule has 0 aliphatic heterocycles. The normalized spacial score (nSPS) is 11.8. The van der Waals surface area contributed by atoms with Gasteiger partial charge in [0.05, 0.1) is 6.54 Å². The van der Waals surface area contributed by atoms with Gasteiger partial charge in [0, 0.05) is 18.3 Å². The maximum Gasteiger partial charge on any atom is 0.266 e. The van der Waals surface area contributed by atoms with E-state index in [9.17, 15) is 8.42 Å². The molecule has 2 heterocycles. The van der Waals surface area contributed by atoms with Gasteiger partial charge in [-0.15, -0.1) is 0 Å². The van der Waals surface area contributed by atoms with Gasteiger partial charge in [0.1, 0.15) is 22.2 Å². The number of hydrogen-bond donors (Lipinski definition) is 2. The van der Waals surface area contributed by atoms with Crippen molar-refractivity contribution in [1.29, 1.82) is 0 Å². The summed E-state index contributed by atoms with van der Waals surface area (Å²) in [5.41, 5.74) is 0. The van der Waals surface area contributed by atoms with Crippen LogP contribution in [-0.2, 0) is 16.6 Å². The Labute approximate surface area is 124 Å². The lowest BCUT2D eigenvalue weighted by molar-refractivity contribution is 0.444. The molecule has 6 nitrogen and oxygen atoms in total. The van der Waals surface area contributed by atoms with Crippen LogP contribution in [0.15, 0.2) is 39.8 Å². The van der Waals surface area contributed by atoms with Gasteiger partial charge in [0.15, 0.2) is 0 Å². The zero-order valence-corrected chi connectivity index (χ0v) is 13.1. The van der Waals surface area contributed by atoms with Crippen molar-refractivity contribution in [3.8, 4) is 0 Å². The molecule has 2 aromatic heterocycles. The Bertz CT molecular complexity index is 694. The van der Waals surface area contributed by atoms with E-state index in [2.05, 4.69) is 15.0 Å². The monoisotopic (exact) mass is 309 g/mol. The van der Waals surface area contributed by atoms with Crippen molar-refractivity contribution in [2.45, 2.75) is 38.3 Å². The fourth-order valence-corrected chi connectivity index (χ4v) is 3.01. The van der Waals surface area contributed by atoms with Gasteiger partial charge >= 0.3 is 0 Å². The molecule has 21 heavy (non-hydrogen) atoms. The summed E-state index contributed by atoms with van der Waals surface area (Å²) in [6, 6.07) is 6.85. The van der Waals surface area contributed by atoms with Gasteiger partial charge in [-0.05, 0) is 19.1 Å². The van der Waals surface area contributed by atoms with Crippen LogP contribution in [0.2, 0.25) is 0 Å². The fraction of sp³-hybridized carbons (Fsp3) is 0.357. The van der Waals surface area contributed by atoms with Crippen LogP contribution in [0.25, 0.3) is 0 Å². The molecular weight excluding hydrogens is 290 g/mol. The van der Waals surface area contributed by atoms with Gasteiger partial charge in [-0.1, -0.05) is 19.9 Å². The summed E-state index contributed by atoms with van der Waals surface area (Å²) in [5.74, 6) is 1.22. The van der Waals surface area contributed by atoms with Crippen LogP contribution in [0.3, 0.4) is 0 Å². The Hall–Kier alpha value is -1.86. The second-order valence-corrected chi connectivity index (χ2v) is 6.64. The summed E-state index contributed by atoms with van der Waals surface area (Å²) in [7, 11) is -3.70. The fourth-order valence-electron chi connectivity index (χ4n) is 1.80. The van der Waals surface area contributed by atoms with Crippen molar-refractivity contribution in [2.75, 3.05) is 4.72 Å². The molecule has 0 aromatic carbocycles. The van der Waals surface area contributed by atoms with E-state index in [1.807, 2.05) is 13.8 Å². The number of anilines is 1. The highest BCUT2D eigenvalue weighted by atomic mass is 32.2. The molecule has 0 unspecified atom stereocenters. The molecule has 0 saturated heterocycles. The first-order chi connectivity index (χ1) is 9.88. The van der Waals surface area contributed by atoms with Crippen molar-refractivity contribution in [3.05, 3.63) is 42.0 Å². The molecule has 0 radical (unpaired) electrons. The highest BCUT2D eigenvalue weighted by Gasteiger charge is 2.21. The lowest BCUT2D eigenvalue weighted by Crippen LogP contribution is -2.21. The molecule has 0 bridgehead atoms. The van der Waals surface area contributed by atoms with Gasteiger partial charge < -0.3 is 9.73 Å². The summed E-state index contributed by atoms with van der Waals surface area (Å²) in [4.78, 5) is 4.09. The van der Waals surface area contributed by atoms with Crippen LogP contribution < -0.4 is 10.0 Å². The number of rotatable bonds is 6. The molecule has 2 rings (SSSR count). The van der Waals surface area contributed by atoms with Crippen LogP contribution >= 0.6 is 0 Å². The van der Waals surface area contributed by atoms with Crippen LogP contribution in [-0.4, -0.2) is 19.4 Å². The Morgan fingerprint density at radius 1 is 1.33 bits per heavy atom. The van der Waals surface area contributed by atoms with E-state index in [-0.39, 0.29) is 10.7 Å². The van der Waals surface area contributed by atoms with E-state index in [1.54, 1.807) is 25.1 Å².